The molecule has 2 aromatic rings. The molecule has 1 heterocycles. The molecule has 2 aromatic carbocycles. The van der Waals surface area contributed by atoms with Gasteiger partial charge in [0.1, 0.15) is 5.82 Å². The van der Waals surface area contributed by atoms with Crippen molar-refractivity contribution in [1.29, 1.82) is 0 Å². The molecule has 0 spiro atoms. The second kappa shape index (κ2) is 8.56. The molecule has 1 amide bonds. The molecule has 7 heteroatoms. The van der Waals surface area contributed by atoms with Crippen LogP contribution in [0.3, 0.4) is 0 Å². The maximum absolute atomic E-state index is 13.3. The van der Waals surface area contributed by atoms with E-state index in [9.17, 15) is 22.4 Å². The highest BCUT2D eigenvalue weighted by Crippen LogP contribution is 2.31. The predicted molar refractivity (Wildman–Crippen MR) is 97.7 cm³/mol. The van der Waals surface area contributed by atoms with Gasteiger partial charge in [0.25, 0.3) is 0 Å². The number of alkyl halides is 3. The lowest BCUT2D eigenvalue weighted by Gasteiger charge is -2.26. The first-order chi connectivity index (χ1) is 13.3. The Morgan fingerprint density at radius 2 is 1.89 bits per heavy atom. The van der Waals surface area contributed by atoms with Crippen molar-refractivity contribution in [3.05, 3.63) is 82.7 Å². The van der Waals surface area contributed by atoms with Crippen molar-refractivity contribution < 1.29 is 22.4 Å². The zero-order valence-electron chi connectivity index (χ0n) is 15.1. The highest BCUT2D eigenvalue weighted by Gasteiger charge is 2.32. The van der Waals surface area contributed by atoms with E-state index in [0.717, 1.165) is 11.6 Å². The second-order valence-corrected chi connectivity index (χ2v) is 6.68. The van der Waals surface area contributed by atoms with Crippen molar-refractivity contribution in [1.82, 2.24) is 10.2 Å². The number of carbonyl (C=O) groups is 1. The first kappa shape index (κ1) is 20.1. The maximum Gasteiger partial charge on any atom is 0.416 e. The molecule has 0 saturated carbocycles. The Balaban J connectivity index is 1.56. The lowest BCUT2D eigenvalue weighted by Crippen LogP contribution is -2.33. The van der Waals surface area contributed by atoms with E-state index in [1.54, 1.807) is 12.1 Å². The van der Waals surface area contributed by atoms with Crippen LogP contribution >= 0.6 is 0 Å². The number of hydrogen-bond donors (Lipinski definition) is 1. The first-order valence-electron chi connectivity index (χ1n) is 8.92. The molecular formula is C21H20F4N2O. The lowest BCUT2D eigenvalue weighted by atomic mass is 10.0. The Morgan fingerprint density at radius 3 is 2.57 bits per heavy atom. The van der Waals surface area contributed by atoms with Gasteiger partial charge in [-0.2, -0.15) is 13.2 Å². The summed E-state index contributed by atoms with van der Waals surface area (Å²) in [5, 5.41) is 2.58. The van der Waals surface area contributed by atoms with Crippen LogP contribution in [0.5, 0.6) is 0 Å². The molecule has 3 rings (SSSR count). The number of halogens is 4. The Morgan fingerprint density at radius 1 is 1.11 bits per heavy atom. The molecule has 1 aliphatic heterocycles. The number of nitrogens with one attached hydrogen (secondary N) is 1. The first-order valence-corrected chi connectivity index (χ1v) is 8.92. The summed E-state index contributed by atoms with van der Waals surface area (Å²) in [7, 11) is 0. The van der Waals surface area contributed by atoms with Crippen molar-refractivity contribution >= 4 is 5.91 Å². The number of benzene rings is 2. The van der Waals surface area contributed by atoms with Gasteiger partial charge in [-0.05, 0) is 35.7 Å². The molecule has 0 bridgehead atoms. The highest BCUT2D eigenvalue weighted by molar-refractivity contribution is 5.93. The molecule has 0 atom stereocenters. The van der Waals surface area contributed by atoms with E-state index < -0.39 is 11.7 Å². The van der Waals surface area contributed by atoms with Crippen LogP contribution in [0, 0.1) is 5.82 Å². The van der Waals surface area contributed by atoms with E-state index >= 15 is 0 Å². The van der Waals surface area contributed by atoms with Gasteiger partial charge in [0.2, 0.25) is 5.91 Å². The lowest BCUT2D eigenvalue weighted by molar-refractivity contribution is -0.138. The fourth-order valence-electron chi connectivity index (χ4n) is 3.19. The van der Waals surface area contributed by atoms with E-state index in [-0.39, 0.29) is 23.8 Å². The Bertz CT molecular complexity index is 877. The minimum absolute atomic E-state index is 0.0347. The topological polar surface area (TPSA) is 32.3 Å². The van der Waals surface area contributed by atoms with E-state index in [4.69, 9.17) is 0 Å². The fourth-order valence-corrected chi connectivity index (χ4v) is 3.19. The summed E-state index contributed by atoms with van der Waals surface area (Å²) in [6.45, 7) is 1.54. The summed E-state index contributed by atoms with van der Waals surface area (Å²) in [6, 6.07) is 11.6. The number of nitrogens with zero attached hydrogens (tertiary/aromatic N) is 1. The molecule has 0 saturated heterocycles. The van der Waals surface area contributed by atoms with E-state index in [0.29, 0.717) is 31.6 Å². The summed E-state index contributed by atoms with van der Waals surface area (Å²) in [5.74, 6) is -0.647. The zero-order valence-corrected chi connectivity index (χ0v) is 15.1. The summed E-state index contributed by atoms with van der Waals surface area (Å²) in [4.78, 5) is 14.4. The van der Waals surface area contributed by atoms with Gasteiger partial charge in [-0.25, -0.2) is 4.39 Å². The zero-order chi connectivity index (χ0) is 20.1. The van der Waals surface area contributed by atoms with E-state index in [1.807, 2.05) is 6.07 Å². The van der Waals surface area contributed by atoms with Crippen LogP contribution in [0.25, 0.3) is 0 Å². The molecule has 3 nitrogen and oxygen atoms in total. The monoisotopic (exact) mass is 392 g/mol. The quantitative estimate of drug-likeness (QED) is 0.770. The largest absolute Gasteiger partial charge is 0.416 e. The average molecular weight is 392 g/mol. The maximum atomic E-state index is 13.3. The van der Waals surface area contributed by atoms with Gasteiger partial charge in [-0.3, -0.25) is 9.69 Å². The van der Waals surface area contributed by atoms with Gasteiger partial charge >= 0.3 is 6.18 Å². The molecule has 1 aliphatic rings. The summed E-state index contributed by atoms with van der Waals surface area (Å²) < 4.78 is 52.3. The van der Waals surface area contributed by atoms with Crippen LogP contribution in [-0.4, -0.2) is 23.9 Å². The molecule has 0 radical (unpaired) electrons. The smallest absolute Gasteiger partial charge is 0.348 e. The minimum atomic E-state index is -4.46. The summed E-state index contributed by atoms with van der Waals surface area (Å²) >= 11 is 0. The highest BCUT2D eigenvalue weighted by atomic mass is 19.4. The van der Waals surface area contributed by atoms with Crippen molar-refractivity contribution in [3.63, 3.8) is 0 Å². The number of hydrogen-bond acceptors (Lipinski definition) is 2. The molecule has 0 fully saturated rings. The molecule has 0 unspecified atom stereocenters. The minimum Gasteiger partial charge on any atom is -0.348 e. The Labute approximate surface area is 160 Å². The molecule has 148 valence electrons. The molecule has 0 aromatic heterocycles. The standard InChI is InChI=1S/C21H20F4N2O/c22-18-6-3-4-15(12-18)14-27-10-8-16(9-11-27)20(28)26-13-17-5-1-2-7-19(17)21(23,24)25/h1-8,12H,9-11,13-14H2,(H,26,28). The van der Waals surface area contributed by atoms with E-state index in [1.165, 1.54) is 30.3 Å². The summed E-state index contributed by atoms with van der Waals surface area (Å²) in [6.07, 6.45) is -2.20. The van der Waals surface area contributed by atoms with Crippen LogP contribution in [0.15, 0.2) is 60.2 Å². The average Bonchev–Trinajstić information content (AvgIpc) is 2.66. The van der Waals surface area contributed by atoms with Crippen molar-refractivity contribution in [2.24, 2.45) is 0 Å². The van der Waals surface area contributed by atoms with Crippen LogP contribution < -0.4 is 5.32 Å². The molecule has 28 heavy (non-hydrogen) atoms. The Hall–Kier alpha value is -2.67. The predicted octanol–water partition coefficient (Wildman–Crippen LogP) is 4.29. The van der Waals surface area contributed by atoms with Gasteiger partial charge in [0, 0.05) is 31.8 Å². The third-order valence-corrected chi connectivity index (χ3v) is 4.64. The molecular weight excluding hydrogens is 372 g/mol. The SMILES string of the molecule is O=C(NCc1ccccc1C(F)(F)F)C1=CCN(Cc2cccc(F)c2)CC1. The van der Waals surface area contributed by atoms with Gasteiger partial charge in [-0.1, -0.05) is 36.4 Å². The summed E-state index contributed by atoms with van der Waals surface area (Å²) in [5.41, 5.74) is 0.701. The third kappa shape index (κ3) is 5.19. The number of amides is 1. The van der Waals surface area contributed by atoms with Crippen molar-refractivity contribution in [3.8, 4) is 0 Å². The van der Waals surface area contributed by atoms with Gasteiger partial charge in [0.15, 0.2) is 0 Å². The van der Waals surface area contributed by atoms with Crippen LogP contribution in [0.4, 0.5) is 17.6 Å². The van der Waals surface area contributed by atoms with Gasteiger partial charge < -0.3 is 5.32 Å². The normalized spacial score (nSPS) is 15.2. The van der Waals surface area contributed by atoms with E-state index in [2.05, 4.69) is 10.2 Å². The van der Waals surface area contributed by atoms with Crippen LogP contribution in [0.2, 0.25) is 0 Å². The number of rotatable bonds is 5. The third-order valence-electron chi connectivity index (χ3n) is 4.64. The fraction of sp³-hybridized carbons (Fsp3) is 0.286. The second-order valence-electron chi connectivity index (χ2n) is 6.68. The van der Waals surface area contributed by atoms with Crippen molar-refractivity contribution in [2.45, 2.75) is 25.7 Å². The van der Waals surface area contributed by atoms with Gasteiger partial charge in [-0.15, -0.1) is 0 Å². The van der Waals surface area contributed by atoms with Crippen LogP contribution in [-0.2, 0) is 24.1 Å². The number of carbonyl (C=O) groups excluding carboxylic acids is 1. The van der Waals surface area contributed by atoms with Crippen LogP contribution in [0.1, 0.15) is 23.1 Å². The van der Waals surface area contributed by atoms with Crippen molar-refractivity contribution in [2.75, 3.05) is 13.1 Å². The Kier molecular flexibility index (Phi) is 6.14. The van der Waals surface area contributed by atoms with Gasteiger partial charge in [0.05, 0.1) is 5.56 Å². The molecule has 1 N–H and O–H groups in total. The molecule has 0 aliphatic carbocycles.